The van der Waals surface area contributed by atoms with E-state index >= 15 is 0 Å². The Balaban J connectivity index is 1.35. The summed E-state index contributed by atoms with van der Waals surface area (Å²) < 4.78 is 8.89. The first-order valence-electron chi connectivity index (χ1n) is 12.4. The van der Waals surface area contributed by atoms with Crippen LogP contribution in [0.1, 0.15) is 0 Å². The molecule has 8 aromatic rings. The van der Waals surface area contributed by atoms with Crippen LogP contribution in [0.3, 0.4) is 0 Å². The Labute approximate surface area is 221 Å². The van der Waals surface area contributed by atoms with Crippen LogP contribution in [0.4, 0.5) is 0 Å². The second-order valence-corrected chi connectivity index (χ2v) is 10.3. The first-order chi connectivity index (χ1) is 18.8. The highest BCUT2D eigenvalue weighted by Crippen LogP contribution is 2.42. The van der Waals surface area contributed by atoms with E-state index in [0.29, 0.717) is 11.6 Å². The molecule has 8 rings (SSSR count). The van der Waals surface area contributed by atoms with Crippen molar-refractivity contribution in [2.75, 3.05) is 0 Å². The van der Waals surface area contributed by atoms with E-state index in [1.165, 1.54) is 25.7 Å². The standard InChI is InChI=1S/C33H19N3OS/c1-2-8-20(9-3-1)32-34-19-35-33(36-32)25-13-7-14-28-30(25)26-18-21(16-17-27(26)37-28)22-11-6-12-24-23-10-4-5-15-29(23)38-31(22)24/h1-19H. The van der Waals surface area contributed by atoms with Gasteiger partial charge in [-0.2, -0.15) is 0 Å². The van der Waals surface area contributed by atoms with Crippen molar-refractivity contribution in [2.45, 2.75) is 0 Å². The molecule has 0 spiro atoms. The summed E-state index contributed by atoms with van der Waals surface area (Å²) >= 11 is 1.84. The van der Waals surface area contributed by atoms with Crippen molar-refractivity contribution in [3.63, 3.8) is 0 Å². The molecule has 0 bridgehead atoms. The third-order valence-corrected chi connectivity index (χ3v) is 8.27. The van der Waals surface area contributed by atoms with E-state index in [9.17, 15) is 0 Å². The Morgan fingerprint density at radius 3 is 2.29 bits per heavy atom. The molecule has 0 aliphatic heterocycles. The Morgan fingerprint density at radius 1 is 0.553 bits per heavy atom. The van der Waals surface area contributed by atoms with Crippen LogP contribution in [0.15, 0.2) is 120 Å². The van der Waals surface area contributed by atoms with Crippen LogP contribution in [0.2, 0.25) is 0 Å². The predicted octanol–water partition coefficient (Wildman–Crippen LogP) is 9.14. The average molecular weight is 506 g/mol. The lowest BCUT2D eigenvalue weighted by atomic mass is 9.99. The zero-order valence-corrected chi connectivity index (χ0v) is 20.9. The molecule has 38 heavy (non-hydrogen) atoms. The number of benzene rings is 5. The quantitative estimate of drug-likeness (QED) is 0.240. The molecule has 0 saturated heterocycles. The monoisotopic (exact) mass is 505 g/mol. The van der Waals surface area contributed by atoms with Gasteiger partial charge in [0.1, 0.15) is 17.5 Å². The number of hydrogen-bond donors (Lipinski definition) is 0. The molecule has 178 valence electrons. The van der Waals surface area contributed by atoms with Gasteiger partial charge in [-0.3, -0.25) is 0 Å². The molecule has 5 heteroatoms. The van der Waals surface area contributed by atoms with Gasteiger partial charge in [-0.15, -0.1) is 11.3 Å². The summed E-state index contributed by atoms with van der Waals surface area (Å²) in [5, 5.41) is 4.65. The molecule has 0 atom stereocenters. The first-order valence-corrected chi connectivity index (χ1v) is 13.3. The van der Waals surface area contributed by atoms with E-state index < -0.39 is 0 Å². The average Bonchev–Trinajstić information content (AvgIpc) is 3.56. The maximum atomic E-state index is 6.29. The van der Waals surface area contributed by atoms with E-state index in [-0.39, 0.29) is 0 Å². The zero-order chi connectivity index (χ0) is 25.1. The molecule has 0 amide bonds. The van der Waals surface area contributed by atoms with Crippen molar-refractivity contribution >= 4 is 53.4 Å². The molecule has 0 radical (unpaired) electrons. The molecular formula is C33H19N3OS. The van der Waals surface area contributed by atoms with Crippen LogP contribution in [0.25, 0.3) is 76.0 Å². The van der Waals surface area contributed by atoms with E-state index in [0.717, 1.165) is 38.6 Å². The van der Waals surface area contributed by atoms with Crippen molar-refractivity contribution < 1.29 is 4.42 Å². The van der Waals surface area contributed by atoms with Gasteiger partial charge in [0.25, 0.3) is 0 Å². The van der Waals surface area contributed by atoms with Gasteiger partial charge in [-0.05, 0) is 35.4 Å². The zero-order valence-electron chi connectivity index (χ0n) is 20.1. The van der Waals surface area contributed by atoms with Gasteiger partial charge in [0.05, 0.1) is 0 Å². The summed E-state index contributed by atoms with van der Waals surface area (Å²) in [7, 11) is 0. The molecule has 5 aromatic carbocycles. The summed E-state index contributed by atoms with van der Waals surface area (Å²) in [5.41, 5.74) is 5.93. The fraction of sp³-hybridized carbons (Fsp3) is 0. The number of nitrogens with zero attached hydrogens (tertiary/aromatic N) is 3. The third-order valence-electron chi connectivity index (χ3n) is 7.06. The number of furan rings is 1. The predicted molar refractivity (Wildman–Crippen MR) is 156 cm³/mol. The topological polar surface area (TPSA) is 51.8 Å². The number of aromatic nitrogens is 3. The van der Waals surface area contributed by atoms with Gasteiger partial charge >= 0.3 is 0 Å². The summed E-state index contributed by atoms with van der Waals surface area (Å²) in [6, 6.07) is 37.7. The minimum Gasteiger partial charge on any atom is -0.456 e. The van der Waals surface area contributed by atoms with E-state index in [1.807, 2.05) is 53.8 Å². The molecule has 0 saturated carbocycles. The molecule has 3 heterocycles. The first kappa shape index (κ1) is 21.2. The molecule has 4 nitrogen and oxygen atoms in total. The van der Waals surface area contributed by atoms with Crippen LogP contribution in [-0.2, 0) is 0 Å². The van der Waals surface area contributed by atoms with Crippen molar-refractivity contribution in [3.8, 4) is 33.9 Å². The summed E-state index contributed by atoms with van der Waals surface area (Å²) in [4.78, 5) is 13.8. The van der Waals surface area contributed by atoms with Crippen LogP contribution in [-0.4, -0.2) is 15.0 Å². The Hall–Kier alpha value is -4.87. The third kappa shape index (κ3) is 3.26. The second kappa shape index (κ2) is 8.33. The van der Waals surface area contributed by atoms with Crippen molar-refractivity contribution in [2.24, 2.45) is 0 Å². The van der Waals surface area contributed by atoms with Crippen molar-refractivity contribution in [3.05, 3.63) is 116 Å². The summed E-state index contributed by atoms with van der Waals surface area (Å²) in [5.74, 6) is 1.28. The smallest absolute Gasteiger partial charge is 0.164 e. The van der Waals surface area contributed by atoms with Gasteiger partial charge in [-0.1, -0.05) is 84.9 Å². The Morgan fingerprint density at radius 2 is 1.34 bits per heavy atom. The molecule has 0 N–H and O–H groups in total. The lowest BCUT2D eigenvalue weighted by molar-refractivity contribution is 0.669. The molecule has 0 unspecified atom stereocenters. The molecule has 0 aliphatic carbocycles. The fourth-order valence-corrected chi connectivity index (χ4v) is 6.55. The van der Waals surface area contributed by atoms with E-state index in [2.05, 4.69) is 76.7 Å². The minimum atomic E-state index is 0.629. The van der Waals surface area contributed by atoms with Crippen LogP contribution >= 0.6 is 11.3 Å². The maximum Gasteiger partial charge on any atom is 0.164 e. The van der Waals surface area contributed by atoms with Crippen LogP contribution < -0.4 is 0 Å². The highest BCUT2D eigenvalue weighted by molar-refractivity contribution is 7.26. The lowest BCUT2D eigenvalue weighted by Crippen LogP contribution is -1.95. The lowest BCUT2D eigenvalue weighted by Gasteiger charge is -2.06. The molecule has 3 aromatic heterocycles. The van der Waals surface area contributed by atoms with E-state index in [1.54, 1.807) is 6.33 Å². The summed E-state index contributed by atoms with van der Waals surface area (Å²) in [6.45, 7) is 0. The van der Waals surface area contributed by atoms with Crippen LogP contribution in [0.5, 0.6) is 0 Å². The Kier molecular flexibility index (Phi) is 4.66. The van der Waals surface area contributed by atoms with Crippen molar-refractivity contribution in [1.82, 2.24) is 15.0 Å². The maximum absolute atomic E-state index is 6.29. The number of hydrogen-bond acceptors (Lipinski definition) is 5. The second-order valence-electron chi connectivity index (χ2n) is 9.27. The van der Waals surface area contributed by atoms with E-state index in [4.69, 9.17) is 9.40 Å². The minimum absolute atomic E-state index is 0.629. The highest BCUT2D eigenvalue weighted by Gasteiger charge is 2.17. The normalized spacial score (nSPS) is 11.7. The Bertz CT molecular complexity index is 2140. The molecule has 0 aliphatic rings. The SMILES string of the molecule is c1ccc(-c2ncnc(-c3cccc4oc5ccc(-c6cccc7c6sc6ccccc67)cc5c34)n2)cc1. The van der Waals surface area contributed by atoms with Crippen LogP contribution in [0, 0.1) is 0 Å². The largest absolute Gasteiger partial charge is 0.456 e. The highest BCUT2D eigenvalue weighted by atomic mass is 32.1. The number of fused-ring (bicyclic) bond motifs is 6. The fourth-order valence-electron chi connectivity index (χ4n) is 5.31. The van der Waals surface area contributed by atoms with Gasteiger partial charge in [0.15, 0.2) is 11.6 Å². The van der Waals surface area contributed by atoms with Crippen molar-refractivity contribution in [1.29, 1.82) is 0 Å². The van der Waals surface area contributed by atoms with Gasteiger partial charge in [0.2, 0.25) is 0 Å². The van der Waals surface area contributed by atoms with Gasteiger partial charge in [0, 0.05) is 42.1 Å². The van der Waals surface area contributed by atoms with Gasteiger partial charge in [-0.25, -0.2) is 15.0 Å². The molecule has 0 fully saturated rings. The molecular weight excluding hydrogens is 486 g/mol. The van der Waals surface area contributed by atoms with Gasteiger partial charge < -0.3 is 4.42 Å². The number of rotatable bonds is 3. The summed E-state index contributed by atoms with van der Waals surface area (Å²) in [6.07, 6.45) is 1.58. The number of thiophene rings is 1.